The number of anilines is 1. The molecule has 3 aromatic rings. The van der Waals surface area contributed by atoms with E-state index in [2.05, 4.69) is 15.6 Å². The number of nitrogens with two attached hydrogens (primary N) is 1. The number of nitrogens with zero attached hydrogens (tertiary/aromatic N) is 1. The number of alkyl halides is 3. The fourth-order valence-electron chi connectivity index (χ4n) is 5.54. The highest BCUT2D eigenvalue weighted by Crippen LogP contribution is 2.55. The molecule has 0 saturated heterocycles. The minimum absolute atomic E-state index is 0.000114. The molecule has 0 bridgehead atoms. The molecule has 6 rings (SSSR count). The lowest BCUT2D eigenvalue weighted by Gasteiger charge is -2.32. The van der Waals surface area contributed by atoms with E-state index in [0.717, 1.165) is 18.2 Å². The van der Waals surface area contributed by atoms with Crippen molar-refractivity contribution < 1.29 is 41.7 Å². The molecule has 0 spiro atoms. The van der Waals surface area contributed by atoms with Gasteiger partial charge in [-0.05, 0) is 60.9 Å². The average molecular weight is 587 g/mol. The number of carbonyl (C=O) groups is 2. The molecule has 2 aromatic carbocycles. The van der Waals surface area contributed by atoms with Gasteiger partial charge in [-0.25, -0.2) is 9.37 Å². The van der Waals surface area contributed by atoms with Crippen LogP contribution in [-0.4, -0.2) is 53.9 Å². The fraction of sp³-hybridized carbons (Fsp3) is 0.345. The van der Waals surface area contributed by atoms with E-state index in [1.54, 1.807) is 0 Å². The fourth-order valence-corrected chi connectivity index (χ4v) is 5.54. The first-order valence-electron chi connectivity index (χ1n) is 13.1. The molecule has 3 aliphatic rings. The highest BCUT2D eigenvalue weighted by molar-refractivity contribution is 5.99. The maximum atomic E-state index is 14.7. The Morgan fingerprint density at radius 1 is 1.19 bits per heavy atom. The lowest BCUT2D eigenvalue weighted by Crippen LogP contribution is -2.51. The van der Waals surface area contributed by atoms with Crippen LogP contribution < -0.4 is 25.8 Å². The van der Waals surface area contributed by atoms with Crippen LogP contribution in [-0.2, 0) is 15.8 Å². The smallest absolute Gasteiger partial charge is 0.424 e. The van der Waals surface area contributed by atoms with E-state index in [9.17, 15) is 32.3 Å². The summed E-state index contributed by atoms with van der Waals surface area (Å²) in [6, 6.07) is 9.98. The maximum absolute atomic E-state index is 14.7. The number of amides is 2. The number of halogens is 4. The number of rotatable bonds is 6. The molecule has 2 aliphatic heterocycles. The molecule has 0 radical (unpaired) electrons. The van der Waals surface area contributed by atoms with Crippen LogP contribution in [0.3, 0.4) is 0 Å². The second-order valence-electron chi connectivity index (χ2n) is 11.0. The van der Waals surface area contributed by atoms with Gasteiger partial charge in [-0.3, -0.25) is 9.59 Å². The topological polar surface area (TPSA) is 136 Å². The zero-order chi connectivity index (χ0) is 30.0. The molecule has 4 atom stereocenters. The summed E-state index contributed by atoms with van der Waals surface area (Å²) < 4.78 is 68.9. The number of pyridine rings is 1. The van der Waals surface area contributed by atoms with Gasteiger partial charge in [0.25, 0.3) is 11.8 Å². The Bertz CT molecular complexity index is 1600. The van der Waals surface area contributed by atoms with Crippen LogP contribution in [0, 0.1) is 11.7 Å². The van der Waals surface area contributed by atoms with Crippen LogP contribution in [0.15, 0.2) is 48.5 Å². The first-order chi connectivity index (χ1) is 19.8. The maximum Gasteiger partial charge on any atom is 0.424 e. The van der Waals surface area contributed by atoms with E-state index < -0.39 is 47.1 Å². The Labute approximate surface area is 237 Å². The number of hydrogen-bond donors (Lipinski definition) is 4. The number of aliphatic hydroxyl groups is 1. The van der Waals surface area contributed by atoms with Gasteiger partial charge in [-0.2, -0.15) is 13.2 Å². The van der Waals surface area contributed by atoms with Crippen molar-refractivity contribution in [1.82, 2.24) is 10.3 Å². The summed E-state index contributed by atoms with van der Waals surface area (Å²) >= 11 is 0. The minimum Gasteiger partial charge on any atom is -0.490 e. The summed E-state index contributed by atoms with van der Waals surface area (Å²) in [6.07, 6.45) is -4.63. The quantitative estimate of drug-likeness (QED) is 0.325. The number of ether oxygens (including phenoxy) is 2. The summed E-state index contributed by atoms with van der Waals surface area (Å²) in [6.45, 7) is 0.493. The van der Waals surface area contributed by atoms with Gasteiger partial charge in [0, 0.05) is 28.1 Å². The number of carbonyl (C=O) groups excluding carboxylic acids is 2. The van der Waals surface area contributed by atoms with E-state index in [1.165, 1.54) is 30.3 Å². The first-order valence-corrected chi connectivity index (χ1v) is 13.1. The van der Waals surface area contributed by atoms with Gasteiger partial charge >= 0.3 is 6.18 Å². The number of hydrogen-bond acceptors (Lipinski definition) is 7. The molecule has 1 saturated carbocycles. The average Bonchev–Trinajstić information content (AvgIpc) is 3.61. The predicted molar refractivity (Wildman–Crippen MR) is 141 cm³/mol. The highest BCUT2D eigenvalue weighted by atomic mass is 19.4. The Morgan fingerprint density at radius 3 is 2.57 bits per heavy atom. The van der Waals surface area contributed by atoms with Gasteiger partial charge < -0.3 is 30.9 Å². The van der Waals surface area contributed by atoms with Crippen LogP contribution in [0.25, 0.3) is 11.3 Å². The predicted octanol–water partition coefficient (Wildman–Crippen LogP) is 3.40. The largest absolute Gasteiger partial charge is 0.490 e. The highest BCUT2D eigenvalue weighted by Gasteiger charge is 2.59. The van der Waals surface area contributed by atoms with E-state index in [1.807, 2.05) is 6.92 Å². The Balaban J connectivity index is 1.39. The van der Waals surface area contributed by atoms with Crippen molar-refractivity contribution in [1.29, 1.82) is 0 Å². The summed E-state index contributed by atoms with van der Waals surface area (Å²) in [5.41, 5.74) is 1.77. The molecule has 1 aromatic heterocycles. The number of benzene rings is 2. The van der Waals surface area contributed by atoms with Crippen molar-refractivity contribution in [3.8, 4) is 22.8 Å². The monoisotopic (exact) mass is 586 g/mol. The first kappa shape index (κ1) is 27.9. The molecule has 2 unspecified atom stereocenters. The van der Waals surface area contributed by atoms with E-state index in [-0.39, 0.29) is 53.4 Å². The molecule has 2 amide bonds. The third kappa shape index (κ3) is 4.62. The molecular weight excluding hydrogens is 560 g/mol. The van der Waals surface area contributed by atoms with Gasteiger partial charge in [0.1, 0.15) is 23.0 Å². The van der Waals surface area contributed by atoms with Crippen molar-refractivity contribution in [2.24, 2.45) is 11.7 Å². The molecular formula is C29H26F4N4O5. The molecule has 42 heavy (non-hydrogen) atoms. The third-order valence-electron chi connectivity index (χ3n) is 8.15. The van der Waals surface area contributed by atoms with Crippen molar-refractivity contribution in [3.05, 3.63) is 71.2 Å². The lowest BCUT2D eigenvalue weighted by molar-refractivity contribution is -0.265. The van der Waals surface area contributed by atoms with Crippen molar-refractivity contribution >= 4 is 17.5 Å². The molecule has 1 aliphatic carbocycles. The number of nitrogens with one attached hydrogen (secondary N) is 2. The zero-order valence-electron chi connectivity index (χ0n) is 22.2. The summed E-state index contributed by atoms with van der Waals surface area (Å²) in [5.74, 6) is -1.47. The molecule has 3 heterocycles. The van der Waals surface area contributed by atoms with Crippen LogP contribution >= 0.6 is 0 Å². The third-order valence-corrected chi connectivity index (χ3v) is 8.15. The van der Waals surface area contributed by atoms with E-state index in [4.69, 9.17) is 15.2 Å². The Kier molecular flexibility index (Phi) is 6.42. The van der Waals surface area contributed by atoms with Crippen molar-refractivity contribution in [3.63, 3.8) is 0 Å². The van der Waals surface area contributed by atoms with Crippen LogP contribution in [0.2, 0.25) is 0 Å². The van der Waals surface area contributed by atoms with Crippen LogP contribution in [0.5, 0.6) is 11.5 Å². The van der Waals surface area contributed by atoms with Crippen LogP contribution in [0.4, 0.5) is 23.2 Å². The van der Waals surface area contributed by atoms with Gasteiger partial charge in [0.15, 0.2) is 6.61 Å². The van der Waals surface area contributed by atoms with Crippen LogP contribution in [0.1, 0.15) is 35.0 Å². The molecule has 5 N–H and O–H groups in total. The molecule has 9 nitrogen and oxygen atoms in total. The Hall–Kier alpha value is -4.23. The summed E-state index contributed by atoms with van der Waals surface area (Å²) in [5, 5.41) is 15.9. The molecule has 220 valence electrons. The van der Waals surface area contributed by atoms with E-state index >= 15 is 0 Å². The second-order valence-corrected chi connectivity index (χ2v) is 11.0. The SMILES string of the molecule is C[C@]1(C2CC2N)COc2c1cc([C@@](O)(CNC(=O)c1ccc3c(c1)NC(=O)CO3)C(F)(F)F)nc2-c1ccc(F)cc1. The van der Waals surface area contributed by atoms with Gasteiger partial charge in [-0.15, -0.1) is 0 Å². The standard InChI is InChI=1S/C29H26F4N4O5/c1-27(17-9-19(17)34)13-42-25-18(27)10-22(37-24(25)14-2-5-16(30)6-3-14)28(40,29(31,32)33)12-35-26(39)15-4-7-21-20(8-15)36-23(38)11-41-21/h2-8,10,17,19,40H,9,11-13,34H2,1H3,(H,35,39)(H,36,38)/t17?,19?,27-,28+/m1/s1. The van der Waals surface area contributed by atoms with Crippen molar-refractivity contribution in [2.45, 2.75) is 36.6 Å². The molecule has 13 heteroatoms. The normalized spacial score (nSPS) is 23.9. The van der Waals surface area contributed by atoms with E-state index in [0.29, 0.717) is 17.7 Å². The van der Waals surface area contributed by atoms with Crippen molar-refractivity contribution in [2.75, 3.05) is 25.1 Å². The number of aromatic nitrogens is 1. The van der Waals surface area contributed by atoms with Gasteiger partial charge in [0.2, 0.25) is 5.60 Å². The second kappa shape index (κ2) is 9.66. The zero-order valence-corrected chi connectivity index (χ0v) is 22.2. The Morgan fingerprint density at radius 2 is 1.90 bits per heavy atom. The lowest BCUT2D eigenvalue weighted by atomic mass is 9.78. The summed E-state index contributed by atoms with van der Waals surface area (Å²) in [7, 11) is 0. The van der Waals surface area contributed by atoms with Gasteiger partial charge in [-0.1, -0.05) is 6.92 Å². The molecule has 1 fully saturated rings. The van der Waals surface area contributed by atoms with Gasteiger partial charge in [0.05, 0.1) is 24.5 Å². The minimum atomic E-state index is -5.27. The number of fused-ring (bicyclic) bond motifs is 2. The summed E-state index contributed by atoms with van der Waals surface area (Å²) in [4.78, 5) is 28.8.